The van der Waals surface area contributed by atoms with Crippen molar-refractivity contribution in [2.24, 2.45) is 0 Å². The van der Waals surface area contributed by atoms with E-state index < -0.39 is 0 Å². The van der Waals surface area contributed by atoms with Crippen molar-refractivity contribution in [3.05, 3.63) is 206 Å². The van der Waals surface area contributed by atoms with Gasteiger partial charge in [0.15, 0.2) is 0 Å². The maximum atomic E-state index is 2.36. The van der Waals surface area contributed by atoms with Crippen LogP contribution in [0.2, 0.25) is 0 Å². The molecule has 242 valence electrons. The Morgan fingerprint density at radius 1 is 0.255 bits per heavy atom. The van der Waals surface area contributed by atoms with Gasteiger partial charge in [-0.25, -0.2) is 0 Å². The summed E-state index contributed by atoms with van der Waals surface area (Å²) in [4.78, 5) is 4.71. The Hall–Kier alpha value is -6.42. The third-order valence-corrected chi connectivity index (χ3v) is 10.6. The van der Waals surface area contributed by atoms with Gasteiger partial charge in [-0.05, 0) is 107 Å². The average Bonchev–Trinajstić information content (AvgIpc) is 3.58. The molecule has 9 aromatic rings. The van der Waals surface area contributed by atoms with E-state index in [1.165, 1.54) is 42.4 Å². The monoisotopic (exact) mass is 670 g/mol. The number of hydrogen-bond donors (Lipinski definition) is 0. The maximum absolute atomic E-state index is 2.36. The predicted octanol–water partition coefficient (Wildman–Crippen LogP) is 14.3. The Morgan fingerprint density at radius 2 is 0.549 bits per heavy atom. The third kappa shape index (κ3) is 6.05. The molecule has 0 radical (unpaired) electrons. The lowest BCUT2D eigenvalue weighted by Gasteiger charge is -2.26. The van der Waals surface area contributed by atoms with Crippen molar-refractivity contribution in [3.63, 3.8) is 0 Å². The van der Waals surface area contributed by atoms with Gasteiger partial charge in [-0.1, -0.05) is 121 Å². The van der Waals surface area contributed by atoms with Crippen LogP contribution >= 0.6 is 11.3 Å². The number of hydrogen-bond acceptors (Lipinski definition) is 3. The molecule has 0 unspecified atom stereocenters. The molecular weight excluding hydrogens is 637 g/mol. The first-order valence-electron chi connectivity index (χ1n) is 17.3. The van der Waals surface area contributed by atoms with Crippen molar-refractivity contribution in [2.75, 3.05) is 9.80 Å². The molecule has 0 fully saturated rings. The van der Waals surface area contributed by atoms with Gasteiger partial charge >= 0.3 is 0 Å². The SMILES string of the molecule is c1ccc(-c2ccc(N(c3ccccc3)c3ccc4sc5ccc(N(c6ccccc6)c6ccc(-c7ccccc7)cc6)cc5c4c3)cc2)cc1. The zero-order chi connectivity index (χ0) is 34.0. The zero-order valence-corrected chi connectivity index (χ0v) is 28.7. The predicted molar refractivity (Wildman–Crippen MR) is 220 cm³/mol. The van der Waals surface area contributed by atoms with Crippen molar-refractivity contribution in [1.82, 2.24) is 0 Å². The van der Waals surface area contributed by atoms with Crippen LogP contribution in [0.15, 0.2) is 206 Å². The Kier molecular flexibility index (Phi) is 8.09. The quantitative estimate of drug-likeness (QED) is 0.159. The van der Waals surface area contributed by atoms with Crippen molar-refractivity contribution in [3.8, 4) is 22.3 Å². The average molecular weight is 671 g/mol. The second-order valence-electron chi connectivity index (χ2n) is 12.6. The Bertz CT molecular complexity index is 2360. The highest BCUT2D eigenvalue weighted by molar-refractivity contribution is 7.25. The molecule has 0 amide bonds. The van der Waals surface area contributed by atoms with Crippen molar-refractivity contribution < 1.29 is 0 Å². The summed E-state index contributed by atoms with van der Waals surface area (Å²) in [6, 6.07) is 74.0. The number of rotatable bonds is 8. The third-order valence-electron chi connectivity index (χ3n) is 9.45. The topological polar surface area (TPSA) is 6.48 Å². The van der Waals surface area contributed by atoms with Crippen LogP contribution in [0.25, 0.3) is 42.4 Å². The van der Waals surface area contributed by atoms with Crippen LogP contribution in [0.5, 0.6) is 0 Å². The van der Waals surface area contributed by atoms with Gasteiger partial charge in [-0.3, -0.25) is 0 Å². The molecule has 0 saturated carbocycles. The van der Waals surface area contributed by atoms with E-state index >= 15 is 0 Å². The molecule has 51 heavy (non-hydrogen) atoms. The summed E-state index contributed by atoms with van der Waals surface area (Å²) in [5.41, 5.74) is 11.6. The van der Waals surface area contributed by atoms with Gasteiger partial charge in [0, 0.05) is 54.3 Å². The van der Waals surface area contributed by atoms with Crippen LogP contribution in [-0.4, -0.2) is 0 Å². The highest BCUT2D eigenvalue weighted by atomic mass is 32.1. The van der Waals surface area contributed by atoms with Crippen LogP contribution in [0.1, 0.15) is 0 Å². The van der Waals surface area contributed by atoms with E-state index in [0.717, 1.165) is 34.1 Å². The first-order valence-corrected chi connectivity index (χ1v) is 18.1. The van der Waals surface area contributed by atoms with Gasteiger partial charge in [0.05, 0.1) is 0 Å². The minimum Gasteiger partial charge on any atom is -0.310 e. The van der Waals surface area contributed by atoms with Gasteiger partial charge in [0.1, 0.15) is 0 Å². The number of thiophene rings is 1. The summed E-state index contributed by atoms with van der Waals surface area (Å²) in [7, 11) is 0. The molecule has 0 aliphatic heterocycles. The molecule has 0 saturated heterocycles. The Morgan fingerprint density at radius 3 is 0.922 bits per heavy atom. The fourth-order valence-electron chi connectivity index (χ4n) is 6.95. The molecule has 0 bridgehead atoms. The molecule has 0 aliphatic carbocycles. The molecule has 2 nitrogen and oxygen atoms in total. The molecule has 0 spiro atoms. The molecule has 1 aromatic heterocycles. The number of anilines is 6. The van der Waals surface area contributed by atoms with E-state index in [1.54, 1.807) is 0 Å². The van der Waals surface area contributed by atoms with E-state index in [9.17, 15) is 0 Å². The summed E-state index contributed by atoms with van der Waals surface area (Å²) in [5.74, 6) is 0. The molecule has 0 N–H and O–H groups in total. The number of nitrogens with zero attached hydrogens (tertiary/aromatic N) is 2. The maximum Gasteiger partial charge on any atom is 0.0468 e. The number of fused-ring (bicyclic) bond motifs is 3. The number of para-hydroxylation sites is 2. The minimum absolute atomic E-state index is 1.12. The van der Waals surface area contributed by atoms with E-state index in [2.05, 4.69) is 216 Å². The summed E-state index contributed by atoms with van der Waals surface area (Å²) in [6.07, 6.45) is 0. The van der Waals surface area contributed by atoms with Gasteiger partial charge in [0.2, 0.25) is 0 Å². The highest BCUT2D eigenvalue weighted by Gasteiger charge is 2.18. The van der Waals surface area contributed by atoms with E-state index in [1.807, 2.05) is 11.3 Å². The van der Waals surface area contributed by atoms with Crippen molar-refractivity contribution >= 4 is 65.6 Å². The van der Waals surface area contributed by atoms with Gasteiger partial charge < -0.3 is 9.80 Å². The number of benzene rings is 8. The van der Waals surface area contributed by atoms with E-state index in [0.29, 0.717) is 0 Å². The zero-order valence-electron chi connectivity index (χ0n) is 27.9. The van der Waals surface area contributed by atoms with Crippen molar-refractivity contribution in [1.29, 1.82) is 0 Å². The molecule has 0 aliphatic rings. The van der Waals surface area contributed by atoms with E-state index in [4.69, 9.17) is 0 Å². The van der Waals surface area contributed by atoms with Crippen LogP contribution in [-0.2, 0) is 0 Å². The van der Waals surface area contributed by atoms with Gasteiger partial charge in [-0.15, -0.1) is 11.3 Å². The fourth-order valence-corrected chi connectivity index (χ4v) is 8.01. The second kappa shape index (κ2) is 13.5. The fraction of sp³-hybridized carbons (Fsp3) is 0. The second-order valence-corrected chi connectivity index (χ2v) is 13.7. The molecule has 9 rings (SSSR count). The summed E-state index contributed by atoms with van der Waals surface area (Å²) in [5, 5.41) is 2.51. The Labute approximate surface area is 302 Å². The van der Waals surface area contributed by atoms with Crippen LogP contribution in [0.4, 0.5) is 34.1 Å². The van der Waals surface area contributed by atoms with Crippen LogP contribution in [0.3, 0.4) is 0 Å². The molecule has 3 heteroatoms. The van der Waals surface area contributed by atoms with Gasteiger partial charge in [0.25, 0.3) is 0 Å². The van der Waals surface area contributed by atoms with Gasteiger partial charge in [-0.2, -0.15) is 0 Å². The lowest BCUT2D eigenvalue weighted by Crippen LogP contribution is -2.10. The van der Waals surface area contributed by atoms with Crippen molar-refractivity contribution in [2.45, 2.75) is 0 Å². The standard InChI is InChI=1S/C48H34N2S/c1-5-13-35(14-6-1)37-21-25-41(26-22-37)49(39-17-9-3-10-18-39)43-29-31-47-45(33-43)46-34-44(30-32-48(46)51-47)50(40-19-11-4-12-20-40)42-27-23-38(24-28-42)36-15-7-2-8-16-36/h1-34H. The lowest BCUT2D eigenvalue weighted by molar-refractivity contribution is 1.29. The largest absolute Gasteiger partial charge is 0.310 e. The normalized spacial score (nSPS) is 11.1. The van der Waals surface area contributed by atoms with Crippen LogP contribution in [0, 0.1) is 0 Å². The molecule has 1 heterocycles. The van der Waals surface area contributed by atoms with Crippen LogP contribution < -0.4 is 9.80 Å². The first kappa shape index (κ1) is 30.6. The summed E-state index contributed by atoms with van der Waals surface area (Å²) < 4.78 is 2.55. The molecule has 0 atom stereocenters. The molecule has 8 aromatic carbocycles. The smallest absolute Gasteiger partial charge is 0.0468 e. The summed E-state index contributed by atoms with van der Waals surface area (Å²) in [6.45, 7) is 0. The highest BCUT2D eigenvalue weighted by Crippen LogP contribution is 2.44. The first-order chi connectivity index (χ1) is 25.3. The summed E-state index contributed by atoms with van der Waals surface area (Å²) >= 11 is 1.85. The lowest BCUT2D eigenvalue weighted by atomic mass is 10.0. The van der Waals surface area contributed by atoms with E-state index in [-0.39, 0.29) is 0 Å². The minimum atomic E-state index is 1.12. The Balaban J connectivity index is 1.14. The molecular formula is C48H34N2S.